The summed E-state index contributed by atoms with van der Waals surface area (Å²) in [4.78, 5) is 11.4. The molecule has 6 nitrogen and oxygen atoms in total. The van der Waals surface area contributed by atoms with Crippen LogP contribution < -0.4 is 9.44 Å². The number of carbonyl (C=O) groups excluding carboxylic acids is 1. The summed E-state index contributed by atoms with van der Waals surface area (Å²) in [6.45, 7) is 4.00. The smallest absolute Gasteiger partial charge is 0.338 e. The number of ether oxygens (including phenoxy) is 1. The molecule has 0 amide bonds. The Kier molecular flexibility index (Phi) is 5.11. The molecule has 0 aliphatic carbocycles. The van der Waals surface area contributed by atoms with Crippen molar-refractivity contribution in [2.75, 3.05) is 17.9 Å². The highest BCUT2D eigenvalue weighted by Crippen LogP contribution is 2.11. The Morgan fingerprint density at radius 1 is 1.22 bits per heavy atom. The van der Waals surface area contributed by atoms with Crippen molar-refractivity contribution in [2.24, 2.45) is 0 Å². The van der Waals surface area contributed by atoms with Gasteiger partial charge in [0.15, 0.2) is 0 Å². The fourth-order valence-corrected chi connectivity index (χ4v) is 2.17. The number of hydrogen-bond donors (Lipinski definition) is 2. The summed E-state index contributed by atoms with van der Waals surface area (Å²) in [5.74, 6) is -0.432. The first-order valence-electron chi connectivity index (χ1n) is 5.53. The quantitative estimate of drug-likeness (QED) is 0.760. The Hall–Kier alpha value is -1.60. The zero-order valence-electron chi connectivity index (χ0n) is 10.3. The van der Waals surface area contributed by atoms with Crippen LogP contribution >= 0.6 is 0 Å². The highest BCUT2D eigenvalue weighted by atomic mass is 32.2. The van der Waals surface area contributed by atoms with Crippen molar-refractivity contribution in [3.63, 3.8) is 0 Å². The van der Waals surface area contributed by atoms with Gasteiger partial charge in [0, 0.05) is 12.2 Å². The molecule has 0 aliphatic rings. The second-order valence-corrected chi connectivity index (χ2v) is 4.90. The maximum atomic E-state index is 11.4. The largest absolute Gasteiger partial charge is 0.462 e. The fourth-order valence-electron chi connectivity index (χ4n) is 1.27. The monoisotopic (exact) mass is 272 g/mol. The minimum Gasteiger partial charge on any atom is -0.462 e. The summed E-state index contributed by atoms with van der Waals surface area (Å²) in [6.07, 6.45) is 0. The number of carbonyl (C=O) groups is 1. The molecule has 0 atom stereocenters. The molecule has 0 saturated heterocycles. The number of benzene rings is 1. The van der Waals surface area contributed by atoms with Crippen molar-refractivity contribution in [3.05, 3.63) is 29.8 Å². The first-order valence-corrected chi connectivity index (χ1v) is 7.01. The van der Waals surface area contributed by atoms with E-state index in [2.05, 4.69) is 9.44 Å². The number of hydrogen-bond acceptors (Lipinski definition) is 4. The van der Waals surface area contributed by atoms with Gasteiger partial charge in [0.25, 0.3) is 10.2 Å². The van der Waals surface area contributed by atoms with Gasteiger partial charge in [-0.05, 0) is 31.2 Å². The summed E-state index contributed by atoms with van der Waals surface area (Å²) in [5, 5.41) is 0. The van der Waals surface area contributed by atoms with Crippen LogP contribution in [-0.2, 0) is 14.9 Å². The normalized spacial score (nSPS) is 11.0. The van der Waals surface area contributed by atoms with Crippen LogP contribution in [0.15, 0.2) is 24.3 Å². The van der Waals surface area contributed by atoms with Crippen LogP contribution in [0.3, 0.4) is 0 Å². The standard InChI is InChI=1S/C11H16N2O4S/c1-3-12-18(15,16)13-10-7-5-9(6-8-10)11(14)17-4-2/h5-8,12-13H,3-4H2,1-2H3. The van der Waals surface area contributed by atoms with Crippen molar-refractivity contribution < 1.29 is 17.9 Å². The number of esters is 1. The molecule has 7 heteroatoms. The third kappa shape index (κ3) is 4.34. The second-order valence-electron chi connectivity index (χ2n) is 3.40. The Morgan fingerprint density at radius 3 is 2.33 bits per heavy atom. The molecule has 0 unspecified atom stereocenters. The number of nitrogens with one attached hydrogen (secondary N) is 2. The van der Waals surface area contributed by atoms with E-state index in [1.807, 2.05) is 0 Å². The molecule has 0 saturated carbocycles. The molecule has 100 valence electrons. The minimum atomic E-state index is -3.54. The lowest BCUT2D eigenvalue weighted by Gasteiger charge is -2.08. The summed E-state index contributed by atoms with van der Waals surface area (Å²) in [6, 6.07) is 6.01. The van der Waals surface area contributed by atoms with E-state index in [0.717, 1.165) is 0 Å². The number of anilines is 1. The van der Waals surface area contributed by atoms with Crippen LogP contribution in [0.5, 0.6) is 0 Å². The second kappa shape index (κ2) is 6.36. The maximum Gasteiger partial charge on any atom is 0.338 e. The average Bonchev–Trinajstić information content (AvgIpc) is 2.29. The molecule has 0 bridgehead atoms. The van der Waals surface area contributed by atoms with Gasteiger partial charge in [0.1, 0.15) is 0 Å². The highest BCUT2D eigenvalue weighted by molar-refractivity contribution is 7.90. The molecule has 0 heterocycles. The summed E-state index contributed by atoms with van der Waals surface area (Å²) in [5.41, 5.74) is 0.757. The van der Waals surface area contributed by atoms with Crippen LogP contribution in [0.4, 0.5) is 5.69 Å². The molecule has 1 aromatic rings. The fraction of sp³-hybridized carbons (Fsp3) is 0.364. The molecular weight excluding hydrogens is 256 g/mol. The number of rotatable bonds is 6. The van der Waals surface area contributed by atoms with Gasteiger partial charge in [0.2, 0.25) is 0 Å². The molecule has 1 rings (SSSR count). The topological polar surface area (TPSA) is 84.5 Å². The average molecular weight is 272 g/mol. The van der Waals surface area contributed by atoms with Gasteiger partial charge in [0.05, 0.1) is 12.2 Å². The van der Waals surface area contributed by atoms with E-state index in [1.165, 1.54) is 24.3 Å². The van der Waals surface area contributed by atoms with Crippen LogP contribution in [0.1, 0.15) is 24.2 Å². The molecule has 18 heavy (non-hydrogen) atoms. The van der Waals surface area contributed by atoms with Crippen LogP contribution in [0.2, 0.25) is 0 Å². The zero-order chi connectivity index (χ0) is 13.6. The lowest BCUT2D eigenvalue weighted by atomic mass is 10.2. The minimum absolute atomic E-state index is 0.299. The Morgan fingerprint density at radius 2 is 1.83 bits per heavy atom. The van der Waals surface area contributed by atoms with Crippen molar-refractivity contribution >= 4 is 21.9 Å². The van der Waals surface area contributed by atoms with Crippen molar-refractivity contribution in [1.29, 1.82) is 0 Å². The first-order chi connectivity index (χ1) is 8.48. The molecule has 0 spiro atoms. The maximum absolute atomic E-state index is 11.4. The highest BCUT2D eigenvalue weighted by Gasteiger charge is 2.09. The van der Waals surface area contributed by atoms with Crippen molar-refractivity contribution in [3.8, 4) is 0 Å². The van der Waals surface area contributed by atoms with Crippen molar-refractivity contribution in [2.45, 2.75) is 13.8 Å². The molecule has 0 fully saturated rings. The SMILES string of the molecule is CCNS(=O)(=O)Nc1ccc(C(=O)OCC)cc1. The van der Waals surface area contributed by atoms with Gasteiger partial charge < -0.3 is 4.74 Å². The Labute approximate surface area is 107 Å². The van der Waals surface area contributed by atoms with Crippen LogP contribution in [-0.4, -0.2) is 27.5 Å². The van der Waals surface area contributed by atoms with E-state index in [9.17, 15) is 13.2 Å². The van der Waals surface area contributed by atoms with Gasteiger partial charge >= 0.3 is 5.97 Å². The van der Waals surface area contributed by atoms with E-state index in [0.29, 0.717) is 24.4 Å². The predicted octanol–water partition coefficient (Wildman–Crippen LogP) is 1.13. The van der Waals surface area contributed by atoms with Gasteiger partial charge in [-0.15, -0.1) is 0 Å². The zero-order valence-corrected chi connectivity index (χ0v) is 11.1. The van der Waals surface area contributed by atoms with Gasteiger partial charge in [-0.25, -0.2) is 4.79 Å². The lowest BCUT2D eigenvalue weighted by molar-refractivity contribution is 0.0526. The Bertz CT molecular complexity index is 496. The first kappa shape index (κ1) is 14.5. The van der Waals surface area contributed by atoms with Crippen LogP contribution in [0.25, 0.3) is 0 Å². The lowest BCUT2D eigenvalue weighted by Crippen LogP contribution is -2.29. The molecule has 1 aromatic carbocycles. The third-order valence-corrected chi connectivity index (χ3v) is 3.16. The van der Waals surface area contributed by atoms with E-state index in [4.69, 9.17) is 4.74 Å². The van der Waals surface area contributed by atoms with Crippen LogP contribution in [0, 0.1) is 0 Å². The van der Waals surface area contributed by atoms with E-state index < -0.39 is 16.2 Å². The molecule has 2 N–H and O–H groups in total. The van der Waals surface area contributed by atoms with Gasteiger partial charge in [-0.3, -0.25) is 4.72 Å². The predicted molar refractivity (Wildman–Crippen MR) is 68.6 cm³/mol. The van der Waals surface area contributed by atoms with Crippen molar-refractivity contribution in [1.82, 2.24) is 4.72 Å². The molecule has 0 aromatic heterocycles. The van der Waals surface area contributed by atoms with E-state index >= 15 is 0 Å². The van der Waals surface area contributed by atoms with Gasteiger partial charge in [-0.1, -0.05) is 6.92 Å². The summed E-state index contributed by atoms with van der Waals surface area (Å²) < 4.78 is 32.3. The van der Waals surface area contributed by atoms with E-state index in [1.54, 1.807) is 13.8 Å². The van der Waals surface area contributed by atoms with E-state index in [-0.39, 0.29) is 0 Å². The van der Waals surface area contributed by atoms with Gasteiger partial charge in [-0.2, -0.15) is 13.1 Å². The third-order valence-electron chi connectivity index (χ3n) is 1.98. The molecule has 0 radical (unpaired) electrons. The Balaban J connectivity index is 2.75. The molecule has 0 aliphatic heterocycles. The summed E-state index contributed by atoms with van der Waals surface area (Å²) >= 11 is 0. The summed E-state index contributed by atoms with van der Waals surface area (Å²) in [7, 11) is -3.54. The molecular formula is C11H16N2O4S.